The molecule has 1 heterocycles. The molecule has 1 aliphatic heterocycles. The van der Waals surface area contributed by atoms with Crippen LogP contribution in [0.15, 0.2) is 36.9 Å². The summed E-state index contributed by atoms with van der Waals surface area (Å²) >= 11 is 0. The molecule has 1 aliphatic rings. The van der Waals surface area contributed by atoms with Crippen LogP contribution < -0.4 is 10.1 Å². The summed E-state index contributed by atoms with van der Waals surface area (Å²) in [6, 6.07) is 7.17. The van der Waals surface area contributed by atoms with Crippen LogP contribution >= 0.6 is 0 Å². The fourth-order valence-electron chi connectivity index (χ4n) is 1.39. The van der Waals surface area contributed by atoms with Gasteiger partial charge >= 0.3 is 0 Å². The van der Waals surface area contributed by atoms with Gasteiger partial charge in [0, 0.05) is 6.54 Å². The molecule has 1 N–H and O–H groups in total. The van der Waals surface area contributed by atoms with Crippen molar-refractivity contribution in [3.8, 4) is 5.75 Å². The van der Waals surface area contributed by atoms with Gasteiger partial charge in [-0.1, -0.05) is 18.2 Å². The van der Waals surface area contributed by atoms with Crippen LogP contribution in [-0.4, -0.2) is 31.8 Å². The van der Waals surface area contributed by atoms with E-state index in [-0.39, 0.29) is 12.0 Å². The smallest absolute Gasteiger partial charge is 0.255 e. The third-order valence-corrected chi connectivity index (χ3v) is 2.37. The van der Waals surface area contributed by atoms with Gasteiger partial charge in [0.1, 0.15) is 18.5 Å². The Kier molecular flexibility index (Phi) is 3.77. The molecule has 1 amide bonds. The second kappa shape index (κ2) is 5.50. The van der Waals surface area contributed by atoms with Crippen LogP contribution in [0.4, 0.5) is 0 Å². The van der Waals surface area contributed by atoms with Crippen LogP contribution in [0.25, 0.3) is 0 Å². The highest BCUT2D eigenvalue weighted by Gasteiger charge is 2.24. The quantitative estimate of drug-likeness (QED) is 0.596. The Morgan fingerprint density at radius 3 is 3.06 bits per heavy atom. The van der Waals surface area contributed by atoms with Crippen molar-refractivity contribution in [1.29, 1.82) is 0 Å². The van der Waals surface area contributed by atoms with E-state index in [2.05, 4.69) is 11.9 Å². The molecule has 1 fully saturated rings. The van der Waals surface area contributed by atoms with Crippen molar-refractivity contribution in [2.24, 2.45) is 0 Å². The molecule has 0 bridgehead atoms. The maximum Gasteiger partial charge on any atom is 0.255 e. The lowest BCUT2D eigenvalue weighted by Crippen LogP contribution is -2.24. The number of epoxide rings is 1. The molecule has 4 heteroatoms. The van der Waals surface area contributed by atoms with E-state index in [1.165, 1.54) is 0 Å². The number of para-hydroxylation sites is 1. The highest BCUT2D eigenvalue weighted by molar-refractivity contribution is 5.96. The first-order chi connectivity index (χ1) is 8.31. The van der Waals surface area contributed by atoms with Gasteiger partial charge in [-0.2, -0.15) is 0 Å². The number of nitrogens with one attached hydrogen (secondary N) is 1. The summed E-state index contributed by atoms with van der Waals surface area (Å²) in [6.45, 7) is 5.23. The normalized spacial score (nSPS) is 17.3. The van der Waals surface area contributed by atoms with Crippen LogP contribution in [0.5, 0.6) is 5.75 Å². The van der Waals surface area contributed by atoms with E-state index in [0.29, 0.717) is 24.5 Å². The van der Waals surface area contributed by atoms with Gasteiger partial charge in [0.2, 0.25) is 0 Å². The monoisotopic (exact) mass is 233 g/mol. The average molecular weight is 233 g/mol. The third kappa shape index (κ3) is 3.32. The maximum atomic E-state index is 11.8. The number of ether oxygens (including phenoxy) is 2. The third-order valence-electron chi connectivity index (χ3n) is 2.37. The number of hydrogen-bond acceptors (Lipinski definition) is 3. The van der Waals surface area contributed by atoms with E-state index >= 15 is 0 Å². The summed E-state index contributed by atoms with van der Waals surface area (Å²) in [5.74, 6) is 0.432. The van der Waals surface area contributed by atoms with Crippen LogP contribution in [0.3, 0.4) is 0 Å². The summed E-state index contributed by atoms with van der Waals surface area (Å²) in [5.41, 5.74) is 0.537. The minimum Gasteiger partial charge on any atom is -0.490 e. The molecule has 90 valence electrons. The molecular weight excluding hydrogens is 218 g/mol. The van der Waals surface area contributed by atoms with Crippen molar-refractivity contribution < 1.29 is 14.3 Å². The predicted octanol–water partition coefficient (Wildman–Crippen LogP) is 1.38. The van der Waals surface area contributed by atoms with Gasteiger partial charge < -0.3 is 14.8 Å². The van der Waals surface area contributed by atoms with Gasteiger partial charge in [-0.05, 0) is 12.1 Å². The maximum absolute atomic E-state index is 11.8. The molecule has 1 unspecified atom stereocenters. The Morgan fingerprint density at radius 1 is 1.59 bits per heavy atom. The summed E-state index contributed by atoms with van der Waals surface area (Å²) < 4.78 is 10.6. The zero-order valence-electron chi connectivity index (χ0n) is 9.52. The molecule has 17 heavy (non-hydrogen) atoms. The molecule has 0 radical (unpaired) electrons. The Bertz CT molecular complexity index is 413. The van der Waals surface area contributed by atoms with Gasteiger partial charge in [0.05, 0.1) is 12.2 Å². The summed E-state index contributed by atoms with van der Waals surface area (Å²) in [7, 11) is 0. The van der Waals surface area contributed by atoms with E-state index in [0.717, 1.165) is 6.61 Å². The van der Waals surface area contributed by atoms with Gasteiger partial charge in [-0.25, -0.2) is 0 Å². The Labute approximate surface area is 100 Å². The van der Waals surface area contributed by atoms with E-state index in [4.69, 9.17) is 9.47 Å². The number of carbonyl (C=O) groups is 1. The standard InChI is InChI=1S/C13H15NO3/c1-2-7-14-13(15)11-5-3-4-6-12(11)17-9-10-8-16-10/h2-6,10H,1,7-9H2,(H,14,15). The molecule has 4 nitrogen and oxygen atoms in total. The lowest BCUT2D eigenvalue weighted by atomic mass is 10.2. The Balaban J connectivity index is 2.02. The number of carbonyl (C=O) groups excluding carboxylic acids is 1. The van der Waals surface area contributed by atoms with Crippen LogP contribution in [0.1, 0.15) is 10.4 Å². The van der Waals surface area contributed by atoms with E-state index in [1.54, 1.807) is 18.2 Å². The van der Waals surface area contributed by atoms with Crippen molar-refractivity contribution in [2.75, 3.05) is 19.8 Å². The zero-order chi connectivity index (χ0) is 12.1. The molecule has 2 rings (SSSR count). The summed E-state index contributed by atoms with van der Waals surface area (Å²) in [4.78, 5) is 11.8. The highest BCUT2D eigenvalue weighted by atomic mass is 16.6. The van der Waals surface area contributed by atoms with Crippen molar-refractivity contribution >= 4 is 5.91 Å². The van der Waals surface area contributed by atoms with Gasteiger partial charge in [0.25, 0.3) is 5.91 Å². The minimum atomic E-state index is -0.155. The van der Waals surface area contributed by atoms with Gasteiger partial charge in [-0.15, -0.1) is 6.58 Å². The Morgan fingerprint density at radius 2 is 2.35 bits per heavy atom. The fraction of sp³-hybridized carbons (Fsp3) is 0.308. The molecule has 1 saturated heterocycles. The minimum absolute atomic E-state index is 0.155. The van der Waals surface area contributed by atoms with Crippen LogP contribution in [0, 0.1) is 0 Å². The second-order valence-electron chi connectivity index (χ2n) is 3.76. The molecule has 1 atom stereocenters. The first kappa shape index (κ1) is 11.7. The van der Waals surface area contributed by atoms with E-state index < -0.39 is 0 Å². The predicted molar refractivity (Wildman–Crippen MR) is 64.2 cm³/mol. The molecular formula is C13H15NO3. The molecule has 0 aliphatic carbocycles. The molecule has 1 aromatic rings. The summed E-state index contributed by atoms with van der Waals surface area (Å²) in [5, 5.41) is 2.72. The van der Waals surface area contributed by atoms with Gasteiger partial charge in [0.15, 0.2) is 0 Å². The molecule has 1 aromatic carbocycles. The fourth-order valence-corrected chi connectivity index (χ4v) is 1.39. The average Bonchev–Trinajstić information content (AvgIpc) is 3.18. The van der Waals surface area contributed by atoms with Gasteiger partial charge in [-0.3, -0.25) is 4.79 Å². The Hall–Kier alpha value is -1.81. The van der Waals surface area contributed by atoms with Crippen molar-refractivity contribution in [1.82, 2.24) is 5.32 Å². The second-order valence-corrected chi connectivity index (χ2v) is 3.76. The first-order valence-corrected chi connectivity index (χ1v) is 5.54. The number of hydrogen-bond donors (Lipinski definition) is 1. The topological polar surface area (TPSA) is 50.9 Å². The van der Waals surface area contributed by atoms with E-state index in [9.17, 15) is 4.79 Å². The first-order valence-electron chi connectivity index (χ1n) is 5.54. The molecule has 0 aromatic heterocycles. The zero-order valence-corrected chi connectivity index (χ0v) is 9.52. The lowest BCUT2D eigenvalue weighted by molar-refractivity contribution is 0.0953. The number of amides is 1. The largest absolute Gasteiger partial charge is 0.490 e. The SMILES string of the molecule is C=CCNC(=O)c1ccccc1OCC1CO1. The highest BCUT2D eigenvalue weighted by Crippen LogP contribution is 2.20. The molecule has 0 spiro atoms. The van der Waals surface area contributed by atoms with Crippen molar-refractivity contribution in [2.45, 2.75) is 6.10 Å². The van der Waals surface area contributed by atoms with Crippen molar-refractivity contribution in [3.05, 3.63) is 42.5 Å². The number of benzene rings is 1. The lowest BCUT2D eigenvalue weighted by Gasteiger charge is -2.09. The molecule has 0 saturated carbocycles. The van der Waals surface area contributed by atoms with Crippen LogP contribution in [0.2, 0.25) is 0 Å². The van der Waals surface area contributed by atoms with Crippen molar-refractivity contribution in [3.63, 3.8) is 0 Å². The summed E-state index contributed by atoms with van der Waals surface area (Å²) in [6.07, 6.45) is 1.82. The number of rotatable bonds is 6. The van der Waals surface area contributed by atoms with Crippen LogP contribution in [-0.2, 0) is 4.74 Å². The van der Waals surface area contributed by atoms with E-state index in [1.807, 2.05) is 12.1 Å².